The summed E-state index contributed by atoms with van der Waals surface area (Å²) in [5, 5.41) is 12.5. The number of hydrogen-bond donors (Lipinski definition) is 3. The highest BCUT2D eigenvalue weighted by atomic mass is 16.4. The van der Waals surface area contributed by atoms with E-state index in [0.29, 0.717) is 13.1 Å². The van der Waals surface area contributed by atoms with Crippen molar-refractivity contribution in [1.29, 1.82) is 0 Å². The number of nitrogens with two attached hydrogens (primary N) is 1. The van der Waals surface area contributed by atoms with Crippen molar-refractivity contribution in [2.45, 2.75) is 31.7 Å². The van der Waals surface area contributed by atoms with E-state index in [1.807, 2.05) is 6.07 Å². The van der Waals surface area contributed by atoms with Crippen LogP contribution in [0, 0.1) is 0 Å². The van der Waals surface area contributed by atoms with Crippen LogP contribution in [0.25, 0.3) is 0 Å². The van der Waals surface area contributed by atoms with Crippen LogP contribution in [-0.2, 0) is 0 Å². The second kappa shape index (κ2) is 6.34. The minimum atomic E-state index is -0.825. The van der Waals surface area contributed by atoms with E-state index < -0.39 is 6.09 Å². The van der Waals surface area contributed by atoms with Crippen LogP contribution in [0.2, 0.25) is 0 Å². The van der Waals surface area contributed by atoms with Crippen LogP contribution in [0.3, 0.4) is 0 Å². The van der Waals surface area contributed by atoms with Gasteiger partial charge in [0, 0.05) is 37.9 Å². The van der Waals surface area contributed by atoms with Crippen LogP contribution < -0.4 is 16.0 Å². The van der Waals surface area contributed by atoms with Crippen molar-refractivity contribution in [2.24, 2.45) is 0 Å². The maximum atomic E-state index is 10.9. The van der Waals surface area contributed by atoms with Gasteiger partial charge < -0.3 is 26.0 Å². The minimum Gasteiger partial charge on any atom is -0.465 e. The van der Waals surface area contributed by atoms with Gasteiger partial charge in [0.1, 0.15) is 0 Å². The lowest BCUT2D eigenvalue weighted by Gasteiger charge is -2.31. The van der Waals surface area contributed by atoms with E-state index in [4.69, 9.17) is 10.8 Å². The van der Waals surface area contributed by atoms with Crippen molar-refractivity contribution in [3.8, 4) is 0 Å². The van der Waals surface area contributed by atoms with Gasteiger partial charge in [-0.3, -0.25) is 0 Å². The van der Waals surface area contributed by atoms with Gasteiger partial charge in [0.25, 0.3) is 0 Å². The monoisotopic (exact) mass is 304 g/mol. The highest BCUT2D eigenvalue weighted by Crippen LogP contribution is 2.29. The Morgan fingerprint density at radius 3 is 2.50 bits per heavy atom. The third kappa shape index (κ3) is 3.21. The summed E-state index contributed by atoms with van der Waals surface area (Å²) in [6.45, 7) is 3.39. The number of benzene rings is 1. The zero-order valence-corrected chi connectivity index (χ0v) is 12.8. The van der Waals surface area contributed by atoms with Crippen LogP contribution in [0.15, 0.2) is 18.2 Å². The number of nitrogens with one attached hydrogen (secondary N) is 1. The molecule has 3 rings (SSSR count). The van der Waals surface area contributed by atoms with Gasteiger partial charge in [-0.2, -0.15) is 0 Å². The molecule has 2 fully saturated rings. The van der Waals surface area contributed by atoms with Crippen LogP contribution in [0.5, 0.6) is 0 Å². The molecule has 0 unspecified atom stereocenters. The number of nitrogen functional groups attached to an aromatic ring is 1. The first-order chi connectivity index (χ1) is 10.6. The molecule has 0 spiro atoms. The Labute approximate surface area is 130 Å². The van der Waals surface area contributed by atoms with Gasteiger partial charge in [-0.25, -0.2) is 4.79 Å². The second-order valence-corrected chi connectivity index (χ2v) is 6.15. The summed E-state index contributed by atoms with van der Waals surface area (Å²) in [4.78, 5) is 14.8. The van der Waals surface area contributed by atoms with Crippen LogP contribution in [0.1, 0.15) is 25.7 Å². The van der Waals surface area contributed by atoms with E-state index in [0.717, 1.165) is 37.3 Å². The summed E-state index contributed by atoms with van der Waals surface area (Å²) in [7, 11) is 0. The van der Waals surface area contributed by atoms with Crippen LogP contribution in [-0.4, -0.2) is 48.3 Å². The Kier molecular flexibility index (Phi) is 4.27. The number of anilines is 3. The normalized spacial score (nSPS) is 19.5. The average molecular weight is 304 g/mol. The van der Waals surface area contributed by atoms with Gasteiger partial charge in [0.05, 0.1) is 11.4 Å². The minimum absolute atomic E-state index is 0.284. The number of amides is 1. The number of likely N-dealkylation sites (tertiary alicyclic amines) is 1. The lowest BCUT2D eigenvalue weighted by molar-refractivity contribution is 0.134. The number of carbonyl (C=O) groups is 1. The molecule has 1 amide bonds. The molecule has 0 radical (unpaired) electrons. The molecule has 4 N–H and O–H groups in total. The maximum absolute atomic E-state index is 10.9. The fraction of sp³-hybridized carbons (Fsp3) is 0.562. The second-order valence-electron chi connectivity index (χ2n) is 6.15. The van der Waals surface area contributed by atoms with E-state index in [9.17, 15) is 4.79 Å². The molecule has 6 nitrogen and oxygen atoms in total. The third-order valence-electron chi connectivity index (χ3n) is 4.63. The lowest BCUT2D eigenvalue weighted by atomic mass is 10.0. The molecule has 120 valence electrons. The van der Waals surface area contributed by atoms with Gasteiger partial charge in [-0.1, -0.05) is 0 Å². The van der Waals surface area contributed by atoms with Crippen molar-refractivity contribution < 1.29 is 9.90 Å². The Morgan fingerprint density at radius 1 is 1.18 bits per heavy atom. The quantitative estimate of drug-likeness (QED) is 0.747. The first kappa shape index (κ1) is 14.8. The zero-order chi connectivity index (χ0) is 15.5. The molecular weight excluding hydrogens is 280 g/mol. The predicted molar refractivity (Wildman–Crippen MR) is 88.5 cm³/mol. The molecule has 1 aromatic carbocycles. The van der Waals surface area contributed by atoms with E-state index in [1.54, 1.807) is 0 Å². The number of piperidine rings is 1. The molecule has 2 saturated heterocycles. The van der Waals surface area contributed by atoms with E-state index >= 15 is 0 Å². The molecule has 6 heteroatoms. The largest absolute Gasteiger partial charge is 0.465 e. The summed E-state index contributed by atoms with van der Waals surface area (Å²) >= 11 is 0. The SMILES string of the molecule is Nc1ccc(N2CCCC2)cc1NC1CCN(C(=O)O)CC1. The number of carboxylic acid groups (broad SMARTS) is 1. The zero-order valence-electron chi connectivity index (χ0n) is 12.8. The molecule has 2 aliphatic heterocycles. The molecule has 0 aromatic heterocycles. The van der Waals surface area contributed by atoms with Crippen molar-refractivity contribution in [3.05, 3.63) is 18.2 Å². The Hall–Kier alpha value is -2.11. The topological polar surface area (TPSA) is 81.8 Å². The Bertz CT molecular complexity index is 535. The molecule has 0 atom stereocenters. The van der Waals surface area contributed by atoms with Gasteiger partial charge in [0.15, 0.2) is 0 Å². The van der Waals surface area contributed by atoms with E-state index in [1.165, 1.54) is 23.4 Å². The number of rotatable bonds is 3. The summed E-state index contributed by atoms with van der Waals surface area (Å²) in [5.41, 5.74) is 9.04. The highest BCUT2D eigenvalue weighted by Gasteiger charge is 2.23. The number of hydrogen-bond acceptors (Lipinski definition) is 4. The first-order valence-electron chi connectivity index (χ1n) is 8.02. The third-order valence-corrected chi connectivity index (χ3v) is 4.63. The van der Waals surface area contributed by atoms with Gasteiger partial charge >= 0.3 is 6.09 Å². The van der Waals surface area contributed by atoms with Crippen LogP contribution >= 0.6 is 0 Å². The molecule has 22 heavy (non-hydrogen) atoms. The van der Waals surface area contributed by atoms with Crippen molar-refractivity contribution in [1.82, 2.24) is 4.90 Å². The molecular formula is C16H24N4O2. The molecule has 0 bridgehead atoms. The van der Waals surface area contributed by atoms with Gasteiger partial charge in [-0.15, -0.1) is 0 Å². The molecule has 2 heterocycles. The fourth-order valence-electron chi connectivity index (χ4n) is 3.28. The molecule has 1 aromatic rings. The molecule has 0 saturated carbocycles. The first-order valence-corrected chi connectivity index (χ1v) is 8.02. The number of nitrogens with zero attached hydrogens (tertiary/aromatic N) is 2. The Balaban J connectivity index is 1.64. The standard InChI is InChI=1S/C16H24N4O2/c17-14-4-3-13(19-7-1-2-8-19)11-15(14)18-12-5-9-20(10-6-12)16(21)22/h3-4,11-12,18H,1-2,5-10,17H2,(H,21,22). The molecule has 2 aliphatic rings. The summed E-state index contributed by atoms with van der Waals surface area (Å²) in [6.07, 6.45) is 3.31. The average Bonchev–Trinajstić information content (AvgIpc) is 3.04. The van der Waals surface area contributed by atoms with Crippen molar-refractivity contribution >= 4 is 23.2 Å². The van der Waals surface area contributed by atoms with Crippen LogP contribution in [0.4, 0.5) is 21.9 Å². The summed E-state index contributed by atoms with van der Waals surface area (Å²) < 4.78 is 0. The maximum Gasteiger partial charge on any atom is 0.407 e. The fourth-order valence-corrected chi connectivity index (χ4v) is 3.28. The highest BCUT2D eigenvalue weighted by molar-refractivity contribution is 5.72. The smallest absolute Gasteiger partial charge is 0.407 e. The van der Waals surface area contributed by atoms with E-state index in [-0.39, 0.29) is 6.04 Å². The molecule has 0 aliphatic carbocycles. The van der Waals surface area contributed by atoms with Crippen molar-refractivity contribution in [3.63, 3.8) is 0 Å². The predicted octanol–water partition coefficient (Wildman–Crippen LogP) is 2.42. The summed E-state index contributed by atoms with van der Waals surface area (Å²) in [6, 6.07) is 6.46. The summed E-state index contributed by atoms with van der Waals surface area (Å²) in [5.74, 6) is 0. The van der Waals surface area contributed by atoms with Gasteiger partial charge in [-0.05, 0) is 43.9 Å². The Morgan fingerprint density at radius 2 is 1.86 bits per heavy atom. The lowest BCUT2D eigenvalue weighted by Crippen LogP contribution is -2.41. The van der Waals surface area contributed by atoms with Crippen molar-refractivity contribution in [2.75, 3.05) is 42.1 Å². The van der Waals surface area contributed by atoms with Gasteiger partial charge in [0.2, 0.25) is 0 Å². The van der Waals surface area contributed by atoms with E-state index in [2.05, 4.69) is 22.3 Å².